The molecule has 2 aromatic rings. The van der Waals surface area contributed by atoms with Crippen LogP contribution in [0, 0.1) is 5.92 Å². The molecule has 0 saturated heterocycles. The third kappa shape index (κ3) is 4.63. The van der Waals surface area contributed by atoms with Crippen LogP contribution in [0.25, 0.3) is 10.8 Å². The lowest BCUT2D eigenvalue weighted by Gasteiger charge is -2.33. The van der Waals surface area contributed by atoms with Gasteiger partial charge in [0.2, 0.25) is 5.91 Å². The van der Waals surface area contributed by atoms with Crippen molar-refractivity contribution in [1.82, 2.24) is 5.32 Å². The van der Waals surface area contributed by atoms with Crippen LogP contribution < -0.4 is 11.1 Å². The van der Waals surface area contributed by atoms with Gasteiger partial charge >= 0.3 is 0 Å². The number of rotatable bonds is 7. The molecule has 1 amide bonds. The zero-order valence-corrected chi connectivity index (χ0v) is 15.6. The summed E-state index contributed by atoms with van der Waals surface area (Å²) in [5.74, 6) is 0.159. The summed E-state index contributed by atoms with van der Waals surface area (Å²) in [4.78, 5) is 12.6. The Kier molecular flexibility index (Phi) is 6.64. The van der Waals surface area contributed by atoms with Gasteiger partial charge in [-0.3, -0.25) is 4.79 Å². The van der Waals surface area contributed by atoms with Crippen LogP contribution in [0.2, 0.25) is 0 Å². The summed E-state index contributed by atoms with van der Waals surface area (Å²) in [7, 11) is 0. The van der Waals surface area contributed by atoms with Gasteiger partial charge in [0.05, 0.1) is 6.10 Å². The lowest BCUT2D eigenvalue weighted by atomic mass is 9.83. The van der Waals surface area contributed by atoms with E-state index in [2.05, 4.69) is 54.7 Å². The fourth-order valence-corrected chi connectivity index (χ4v) is 3.83. The quantitative estimate of drug-likeness (QED) is 0.801. The van der Waals surface area contributed by atoms with E-state index in [1.165, 1.54) is 16.3 Å². The van der Waals surface area contributed by atoms with Crippen molar-refractivity contribution in [2.24, 2.45) is 11.7 Å². The Morgan fingerprint density at radius 2 is 2.00 bits per heavy atom. The number of carbonyl (C=O) groups is 1. The fraction of sp³-hybridized carbons (Fsp3) is 0.500. The molecule has 0 radical (unpaired) electrons. The van der Waals surface area contributed by atoms with Crippen molar-refractivity contribution in [3.8, 4) is 0 Å². The second kappa shape index (κ2) is 9.15. The summed E-state index contributed by atoms with van der Waals surface area (Å²) in [6.45, 7) is 3.47. The van der Waals surface area contributed by atoms with Crippen molar-refractivity contribution in [3.05, 3.63) is 48.0 Å². The van der Waals surface area contributed by atoms with Crippen LogP contribution in [0.5, 0.6) is 0 Å². The van der Waals surface area contributed by atoms with E-state index < -0.39 is 0 Å². The van der Waals surface area contributed by atoms with E-state index in [1.807, 2.05) is 0 Å². The maximum atomic E-state index is 12.6. The van der Waals surface area contributed by atoms with Crippen LogP contribution >= 0.6 is 0 Å². The van der Waals surface area contributed by atoms with Crippen LogP contribution in [-0.4, -0.2) is 31.2 Å². The molecule has 0 bridgehead atoms. The monoisotopic (exact) mass is 354 g/mol. The smallest absolute Gasteiger partial charge is 0.223 e. The summed E-state index contributed by atoms with van der Waals surface area (Å²) < 4.78 is 5.84. The summed E-state index contributed by atoms with van der Waals surface area (Å²) in [6.07, 6.45) is 4.28. The van der Waals surface area contributed by atoms with Crippen molar-refractivity contribution in [1.29, 1.82) is 0 Å². The Hall–Kier alpha value is -1.91. The van der Waals surface area contributed by atoms with Crippen LogP contribution in [0.3, 0.4) is 0 Å². The highest BCUT2D eigenvalue weighted by atomic mass is 16.5. The highest BCUT2D eigenvalue weighted by molar-refractivity contribution is 5.85. The number of amides is 1. The molecule has 0 heterocycles. The Balaban J connectivity index is 1.52. The number of hydrogen-bond donors (Lipinski definition) is 2. The molecule has 4 nitrogen and oxygen atoms in total. The molecule has 3 atom stereocenters. The van der Waals surface area contributed by atoms with E-state index >= 15 is 0 Å². The van der Waals surface area contributed by atoms with E-state index in [-0.39, 0.29) is 24.0 Å². The first kappa shape index (κ1) is 18.9. The van der Waals surface area contributed by atoms with Crippen LogP contribution in [0.15, 0.2) is 42.5 Å². The Labute approximate surface area is 156 Å². The first-order valence-electron chi connectivity index (χ1n) is 9.80. The fourth-order valence-electron chi connectivity index (χ4n) is 3.83. The Bertz CT molecular complexity index is 726. The van der Waals surface area contributed by atoms with Crippen molar-refractivity contribution < 1.29 is 9.53 Å². The molecule has 1 aliphatic rings. The molecule has 1 fully saturated rings. The molecule has 0 unspecified atom stereocenters. The minimum atomic E-state index is 0.0116. The normalized spacial score (nSPS) is 23.1. The summed E-state index contributed by atoms with van der Waals surface area (Å²) in [6, 6.07) is 14.8. The number of fused-ring (bicyclic) bond motifs is 1. The third-order valence-electron chi connectivity index (χ3n) is 5.32. The Morgan fingerprint density at radius 3 is 2.85 bits per heavy atom. The van der Waals surface area contributed by atoms with Gasteiger partial charge in [-0.2, -0.15) is 0 Å². The lowest BCUT2D eigenvalue weighted by molar-refractivity contribution is -0.128. The van der Waals surface area contributed by atoms with Gasteiger partial charge in [0, 0.05) is 25.1 Å². The van der Waals surface area contributed by atoms with Crippen molar-refractivity contribution in [2.45, 2.75) is 51.2 Å². The second-order valence-corrected chi connectivity index (χ2v) is 7.26. The van der Waals surface area contributed by atoms with Gasteiger partial charge in [0.25, 0.3) is 0 Å². The van der Waals surface area contributed by atoms with Crippen molar-refractivity contribution >= 4 is 16.7 Å². The van der Waals surface area contributed by atoms with Gasteiger partial charge in [-0.1, -0.05) is 49.4 Å². The zero-order chi connectivity index (χ0) is 18.4. The largest absolute Gasteiger partial charge is 0.377 e. The predicted octanol–water partition coefficient (Wildman–Crippen LogP) is 3.42. The SMILES string of the molecule is CCCO[C@@H]1C[C@@H](C(=O)NCCc2cccc3ccccc23)CC[C@H]1N. The maximum Gasteiger partial charge on any atom is 0.223 e. The third-order valence-corrected chi connectivity index (χ3v) is 5.32. The molecule has 4 heteroatoms. The minimum Gasteiger partial charge on any atom is -0.377 e. The minimum absolute atomic E-state index is 0.0116. The zero-order valence-electron chi connectivity index (χ0n) is 15.6. The molecule has 0 spiro atoms. The number of nitrogens with two attached hydrogens (primary N) is 1. The first-order chi connectivity index (χ1) is 12.7. The first-order valence-corrected chi connectivity index (χ1v) is 9.80. The van der Waals surface area contributed by atoms with E-state index in [0.29, 0.717) is 13.2 Å². The van der Waals surface area contributed by atoms with Gasteiger partial charge in [0.1, 0.15) is 0 Å². The molecular weight excluding hydrogens is 324 g/mol. The summed E-state index contributed by atoms with van der Waals surface area (Å²) in [5, 5.41) is 5.63. The highest BCUT2D eigenvalue weighted by Crippen LogP contribution is 2.26. The van der Waals surface area contributed by atoms with Gasteiger partial charge in [-0.05, 0) is 48.4 Å². The molecule has 0 aromatic heterocycles. The number of ether oxygens (including phenoxy) is 1. The Morgan fingerprint density at radius 1 is 1.19 bits per heavy atom. The lowest BCUT2D eigenvalue weighted by Crippen LogP contribution is -2.46. The number of benzene rings is 2. The van der Waals surface area contributed by atoms with E-state index in [0.717, 1.165) is 32.1 Å². The van der Waals surface area contributed by atoms with E-state index in [4.69, 9.17) is 10.5 Å². The molecule has 2 aromatic carbocycles. The summed E-state index contributed by atoms with van der Waals surface area (Å²) in [5.41, 5.74) is 7.43. The molecule has 0 aliphatic heterocycles. The van der Waals surface area contributed by atoms with Crippen molar-refractivity contribution in [2.75, 3.05) is 13.2 Å². The standard InChI is InChI=1S/C22H30N2O2/c1-2-14-26-21-15-18(10-11-20(21)23)22(25)24-13-12-17-8-5-7-16-6-3-4-9-19(16)17/h3-9,18,20-21H,2,10-15,23H2,1H3,(H,24,25)/t18-,20+,21+/m0/s1. The molecule has 1 aliphatic carbocycles. The van der Waals surface area contributed by atoms with Gasteiger partial charge in [-0.15, -0.1) is 0 Å². The molecule has 3 rings (SSSR count). The van der Waals surface area contributed by atoms with Gasteiger partial charge in [0.15, 0.2) is 0 Å². The van der Waals surface area contributed by atoms with Crippen LogP contribution in [0.1, 0.15) is 38.2 Å². The van der Waals surface area contributed by atoms with Crippen molar-refractivity contribution in [3.63, 3.8) is 0 Å². The maximum absolute atomic E-state index is 12.6. The van der Waals surface area contributed by atoms with Crippen LogP contribution in [0.4, 0.5) is 0 Å². The molecule has 26 heavy (non-hydrogen) atoms. The molecule has 1 saturated carbocycles. The van der Waals surface area contributed by atoms with Gasteiger partial charge in [-0.25, -0.2) is 0 Å². The summed E-state index contributed by atoms with van der Waals surface area (Å²) >= 11 is 0. The second-order valence-electron chi connectivity index (χ2n) is 7.26. The molecule has 140 valence electrons. The number of hydrogen-bond acceptors (Lipinski definition) is 3. The topological polar surface area (TPSA) is 64.3 Å². The average molecular weight is 354 g/mol. The number of nitrogens with one attached hydrogen (secondary N) is 1. The number of carbonyl (C=O) groups excluding carboxylic acids is 1. The molecular formula is C22H30N2O2. The van der Waals surface area contributed by atoms with Crippen LogP contribution in [-0.2, 0) is 16.0 Å². The molecule has 3 N–H and O–H groups in total. The average Bonchev–Trinajstić information content (AvgIpc) is 2.67. The highest BCUT2D eigenvalue weighted by Gasteiger charge is 2.32. The van der Waals surface area contributed by atoms with E-state index in [9.17, 15) is 4.79 Å². The van der Waals surface area contributed by atoms with E-state index in [1.54, 1.807) is 0 Å². The predicted molar refractivity (Wildman–Crippen MR) is 106 cm³/mol. The van der Waals surface area contributed by atoms with Gasteiger partial charge < -0.3 is 15.8 Å².